The number of halogens is 2. The summed E-state index contributed by atoms with van der Waals surface area (Å²) in [5.74, 6) is 0. The van der Waals surface area contributed by atoms with Gasteiger partial charge in [0.15, 0.2) is 0 Å². The highest BCUT2D eigenvalue weighted by atomic mass is 79.9. The van der Waals surface area contributed by atoms with E-state index in [-0.39, 0.29) is 6.04 Å². The quantitative estimate of drug-likeness (QED) is 0.595. The third-order valence-electron chi connectivity index (χ3n) is 3.43. The van der Waals surface area contributed by atoms with Gasteiger partial charge in [-0.1, -0.05) is 25.1 Å². The van der Waals surface area contributed by atoms with Gasteiger partial charge in [-0.3, -0.25) is 4.98 Å². The molecule has 2 aromatic heterocycles. The monoisotopic (exact) mass is 424 g/mol. The second-order valence-corrected chi connectivity index (χ2v) is 8.46. The van der Waals surface area contributed by atoms with Crippen LogP contribution in [-0.4, -0.2) is 11.5 Å². The molecule has 0 saturated heterocycles. The number of fused-ring (bicyclic) bond motifs is 1. The molecule has 1 atom stereocenters. The Bertz CT molecular complexity index is 765. The van der Waals surface area contributed by atoms with Crippen molar-refractivity contribution in [3.8, 4) is 0 Å². The molecule has 0 radical (unpaired) electrons. The highest BCUT2D eigenvalue weighted by Gasteiger charge is 2.20. The minimum atomic E-state index is 0.153. The first-order chi connectivity index (χ1) is 10.2. The number of benzene rings is 1. The molecule has 0 aliphatic heterocycles. The molecule has 0 amide bonds. The molecule has 0 spiro atoms. The van der Waals surface area contributed by atoms with Crippen LogP contribution in [0.3, 0.4) is 0 Å². The number of nitrogens with zero attached hydrogens (tertiary/aromatic N) is 1. The van der Waals surface area contributed by atoms with Crippen LogP contribution in [0.2, 0.25) is 0 Å². The predicted molar refractivity (Wildman–Crippen MR) is 97.0 cm³/mol. The summed E-state index contributed by atoms with van der Waals surface area (Å²) in [5, 5.41) is 6.00. The Morgan fingerprint density at radius 2 is 2.10 bits per heavy atom. The second-order valence-electron chi connectivity index (χ2n) is 4.71. The normalized spacial score (nSPS) is 12.7. The fraction of sp³-hybridized carbons (Fsp3) is 0.188. The molecule has 3 aromatic rings. The van der Waals surface area contributed by atoms with Crippen molar-refractivity contribution in [2.45, 2.75) is 13.0 Å². The van der Waals surface area contributed by atoms with Crippen molar-refractivity contribution in [2.75, 3.05) is 6.54 Å². The zero-order valence-electron chi connectivity index (χ0n) is 11.4. The van der Waals surface area contributed by atoms with Gasteiger partial charge in [-0.05, 0) is 67.1 Å². The molecule has 1 N–H and O–H groups in total. The summed E-state index contributed by atoms with van der Waals surface area (Å²) in [6.07, 6.45) is 3.79. The van der Waals surface area contributed by atoms with E-state index in [1.165, 1.54) is 21.9 Å². The van der Waals surface area contributed by atoms with Gasteiger partial charge in [0, 0.05) is 17.8 Å². The van der Waals surface area contributed by atoms with Crippen molar-refractivity contribution in [1.29, 1.82) is 0 Å². The van der Waals surface area contributed by atoms with Crippen LogP contribution < -0.4 is 5.32 Å². The van der Waals surface area contributed by atoms with Crippen molar-refractivity contribution < 1.29 is 0 Å². The summed E-state index contributed by atoms with van der Waals surface area (Å²) in [5.41, 5.74) is 2.51. The van der Waals surface area contributed by atoms with Crippen LogP contribution in [0.5, 0.6) is 0 Å². The Kier molecular flexibility index (Phi) is 4.74. The molecule has 2 heterocycles. The van der Waals surface area contributed by atoms with Crippen LogP contribution in [0.25, 0.3) is 10.8 Å². The minimum absolute atomic E-state index is 0.153. The molecule has 21 heavy (non-hydrogen) atoms. The summed E-state index contributed by atoms with van der Waals surface area (Å²) in [6.45, 7) is 3.03. The maximum Gasteiger partial charge on any atom is 0.0761 e. The zero-order valence-corrected chi connectivity index (χ0v) is 15.4. The van der Waals surface area contributed by atoms with E-state index in [0.29, 0.717) is 0 Å². The average molecular weight is 426 g/mol. The molecule has 0 fully saturated rings. The lowest BCUT2D eigenvalue weighted by molar-refractivity contribution is 0.634. The molecular weight excluding hydrogens is 412 g/mol. The van der Waals surface area contributed by atoms with E-state index in [1.807, 2.05) is 12.4 Å². The first-order valence-corrected chi connectivity index (χ1v) is 9.11. The standard InChI is InChI=1S/C16H14Br2N2S/c1-2-20-15(12-8-14(17)21-16(12)18)11-5-3-4-10-6-7-19-9-13(10)11/h3-9,15,20H,2H2,1H3. The fourth-order valence-corrected chi connectivity index (χ4v) is 5.43. The lowest BCUT2D eigenvalue weighted by Gasteiger charge is -2.20. The first kappa shape index (κ1) is 15.2. The largest absolute Gasteiger partial charge is 0.306 e. The molecule has 1 aromatic carbocycles. The average Bonchev–Trinajstić information content (AvgIpc) is 2.83. The van der Waals surface area contributed by atoms with Crippen LogP contribution in [0.15, 0.2) is 50.3 Å². The van der Waals surface area contributed by atoms with Gasteiger partial charge >= 0.3 is 0 Å². The van der Waals surface area contributed by atoms with E-state index in [2.05, 4.69) is 79.4 Å². The molecular formula is C16H14Br2N2S. The maximum absolute atomic E-state index is 4.29. The van der Waals surface area contributed by atoms with Crippen molar-refractivity contribution >= 4 is 54.0 Å². The Morgan fingerprint density at radius 3 is 2.81 bits per heavy atom. The molecule has 5 heteroatoms. The molecule has 0 bridgehead atoms. The summed E-state index contributed by atoms with van der Waals surface area (Å²) in [7, 11) is 0. The van der Waals surface area contributed by atoms with E-state index in [0.717, 1.165) is 14.1 Å². The lowest BCUT2D eigenvalue weighted by atomic mass is 9.96. The van der Waals surface area contributed by atoms with Crippen molar-refractivity contribution in [3.63, 3.8) is 0 Å². The van der Waals surface area contributed by atoms with Crippen LogP contribution in [0.4, 0.5) is 0 Å². The van der Waals surface area contributed by atoms with E-state index >= 15 is 0 Å². The second kappa shape index (κ2) is 6.57. The molecule has 1 unspecified atom stereocenters. The highest BCUT2D eigenvalue weighted by Crippen LogP contribution is 2.39. The Labute approximate surface area is 144 Å². The molecule has 3 rings (SSSR count). The third-order valence-corrected chi connectivity index (χ3v) is 5.82. The Hall–Kier alpha value is -0.750. The van der Waals surface area contributed by atoms with Crippen molar-refractivity contribution in [3.05, 3.63) is 61.4 Å². The molecule has 2 nitrogen and oxygen atoms in total. The lowest BCUT2D eigenvalue weighted by Crippen LogP contribution is -2.22. The molecule has 0 saturated carbocycles. The van der Waals surface area contributed by atoms with Gasteiger partial charge in [-0.25, -0.2) is 0 Å². The Morgan fingerprint density at radius 1 is 1.24 bits per heavy atom. The number of thiophene rings is 1. The third kappa shape index (κ3) is 3.06. The van der Waals surface area contributed by atoms with Crippen LogP contribution >= 0.6 is 43.2 Å². The SMILES string of the molecule is CCNC(c1cc(Br)sc1Br)c1cccc2ccncc12. The number of nitrogens with one attached hydrogen (secondary N) is 1. The number of pyridine rings is 1. The van der Waals surface area contributed by atoms with Gasteiger partial charge in [-0.15, -0.1) is 11.3 Å². The number of aromatic nitrogens is 1. The van der Waals surface area contributed by atoms with Crippen LogP contribution in [0, 0.1) is 0 Å². The fourth-order valence-electron chi connectivity index (χ4n) is 2.53. The minimum Gasteiger partial charge on any atom is -0.306 e. The summed E-state index contributed by atoms with van der Waals surface area (Å²) < 4.78 is 2.28. The number of hydrogen-bond acceptors (Lipinski definition) is 3. The molecule has 108 valence electrons. The molecule has 0 aliphatic rings. The molecule has 0 aliphatic carbocycles. The van der Waals surface area contributed by atoms with Gasteiger partial charge in [-0.2, -0.15) is 0 Å². The van der Waals surface area contributed by atoms with Gasteiger partial charge in [0.05, 0.1) is 13.6 Å². The van der Waals surface area contributed by atoms with Crippen LogP contribution in [0.1, 0.15) is 24.1 Å². The highest BCUT2D eigenvalue weighted by molar-refractivity contribution is 9.12. The smallest absolute Gasteiger partial charge is 0.0761 e. The van der Waals surface area contributed by atoms with Gasteiger partial charge in [0.25, 0.3) is 0 Å². The topological polar surface area (TPSA) is 24.9 Å². The first-order valence-electron chi connectivity index (χ1n) is 6.71. The van der Waals surface area contributed by atoms with Crippen LogP contribution in [-0.2, 0) is 0 Å². The zero-order chi connectivity index (χ0) is 14.8. The van der Waals surface area contributed by atoms with E-state index in [1.54, 1.807) is 11.3 Å². The van der Waals surface area contributed by atoms with Crippen molar-refractivity contribution in [1.82, 2.24) is 10.3 Å². The maximum atomic E-state index is 4.29. The predicted octanol–water partition coefficient (Wildman–Crippen LogP) is 5.52. The number of hydrogen-bond donors (Lipinski definition) is 1. The van der Waals surface area contributed by atoms with Gasteiger partial charge in [0.2, 0.25) is 0 Å². The van der Waals surface area contributed by atoms with Gasteiger partial charge < -0.3 is 5.32 Å². The summed E-state index contributed by atoms with van der Waals surface area (Å²) >= 11 is 8.96. The van der Waals surface area contributed by atoms with E-state index in [9.17, 15) is 0 Å². The Balaban J connectivity index is 2.18. The van der Waals surface area contributed by atoms with E-state index in [4.69, 9.17) is 0 Å². The number of rotatable bonds is 4. The van der Waals surface area contributed by atoms with E-state index < -0.39 is 0 Å². The summed E-state index contributed by atoms with van der Waals surface area (Å²) in [4.78, 5) is 4.29. The van der Waals surface area contributed by atoms with Crippen molar-refractivity contribution in [2.24, 2.45) is 0 Å². The summed E-state index contributed by atoms with van der Waals surface area (Å²) in [6, 6.07) is 10.8. The van der Waals surface area contributed by atoms with Gasteiger partial charge in [0.1, 0.15) is 0 Å².